The van der Waals surface area contributed by atoms with Crippen LogP contribution in [0.3, 0.4) is 0 Å². The molecule has 0 spiro atoms. The predicted octanol–water partition coefficient (Wildman–Crippen LogP) is 3.04. The zero-order chi connectivity index (χ0) is 14.1. The standard InChI is InChI=1S/C15H15BrN4/c1-17-13(14-15(16)18-19-20(14)2)12-8-7-10-5-3-4-6-11(10)9-12/h3-9,13,17H,1-2H3. The van der Waals surface area contributed by atoms with E-state index < -0.39 is 0 Å². The van der Waals surface area contributed by atoms with Gasteiger partial charge < -0.3 is 5.32 Å². The second kappa shape index (κ2) is 5.34. The fraction of sp³-hybridized carbons (Fsp3) is 0.200. The van der Waals surface area contributed by atoms with E-state index in [-0.39, 0.29) is 6.04 Å². The number of fused-ring (bicyclic) bond motifs is 1. The number of aryl methyl sites for hydroxylation is 1. The number of halogens is 1. The maximum Gasteiger partial charge on any atom is 0.153 e. The molecule has 102 valence electrons. The summed E-state index contributed by atoms with van der Waals surface area (Å²) in [5, 5.41) is 13.9. The molecule has 3 aromatic rings. The number of benzene rings is 2. The van der Waals surface area contributed by atoms with Crippen LogP contribution < -0.4 is 5.32 Å². The Balaban J connectivity index is 2.12. The molecule has 0 aliphatic heterocycles. The van der Waals surface area contributed by atoms with Crippen LogP contribution in [0.5, 0.6) is 0 Å². The van der Waals surface area contributed by atoms with E-state index in [9.17, 15) is 0 Å². The molecule has 1 N–H and O–H groups in total. The van der Waals surface area contributed by atoms with Crippen molar-refractivity contribution in [1.29, 1.82) is 0 Å². The van der Waals surface area contributed by atoms with Gasteiger partial charge in [0.05, 0.1) is 11.7 Å². The minimum Gasteiger partial charge on any atom is -0.308 e. The van der Waals surface area contributed by atoms with Crippen molar-refractivity contribution in [3.8, 4) is 0 Å². The smallest absolute Gasteiger partial charge is 0.153 e. The van der Waals surface area contributed by atoms with Gasteiger partial charge in [0, 0.05) is 7.05 Å². The summed E-state index contributed by atoms with van der Waals surface area (Å²) in [7, 11) is 3.85. The first-order valence-corrected chi connectivity index (χ1v) is 7.21. The molecule has 0 saturated carbocycles. The van der Waals surface area contributed by atoms with Gasteiger partial charge in [-0.25, -0.2) is 4.68 Å². The first kappa shape index (κ1) is 13.3. The number of nitrogens with zero attached hydrogens (tertiary/aromatic N) is 3. The number of nitrogens with one attached hydrogen (secondary N) is 1. The molecule has 1 atom stereocenters. The largest absolute Gasteiger partial charge is 0.308 e. The van der Waals surface area contributed by atoms with Crippen LogP contribution >= 0.6 is 15.9 Å². The Hall–Kier alpha value is -1.72. The third kappa shape index (κ3) is 2.23. The van der Waals surface area contributed by atoms with E-state index >= 15 is 0 Å². The predicted molar refractivity (Wildman–Crippen MR) is 83.6 cm³/mol. The van der Waals surface area contributed by atoms with Gasteiger partial charge in [-0.1, -0.05) is 41.6 Å². The summed E-state index contributed by atoms with van der Waals surface area (Å²) in [5.74, 6) is 0. The highest BCUT2D eigenvalue weighted by Crippen LogP contribution is 2.28. The quantitative estimate of drug-likeness (QED) is 0.802. The Bertz CT molecular complexity index is 731. The van der Waals surface area contributed by atoms with Gasteiger partial charge in [0.15, 0.2) is 4.60 Å². The average molecular weight is 331 g/mol. The Labute approximate surface area is 125 Å². The van der Waals surface area contributed by atoms with Crippen LogP contribution in [0.1, 0.15) is 17.3 Å². The van der Waals surface area contributed by atoms with Crippen molar-refractivity contribution >= 4 is 26.7 Å². The fourth-order valence-corrected chi connectivity index (χ4v) is 3.05. The molecule has 4 nitrogen and oxygen atoms in total. The Morgan fingerprint density at radius 1 is 1.15 bits per heavy atom. The number of hydrogen-bond acceptors (Lipinski definition) is 3. The van der Waals surface area contributed by atoms with Gasteiger partial charge in [-0.3, -0.25) is 0 Å². The molecule has 20 heavy (non-hydrogen) atoms. The molecule has 0 aliphatic carbocycles. The van der Waals surface area contributed by atoms with E-state index in [0.29, 0.717) is 0 Å². The van der Waals surface area contributed by atoms with Gasteiger partial charge in [-0.05, 0) is 45.4 Å². The van der Waals surface area contributed by atoms with Gasteiger partial charge in [0.1, 0.15) is 0 Å². The molecular weight excluding hydrogens is 316 g/mol. The summed E-state index contributed by atoms with van der Waals surface area (Å²) >= 11 is 3.47. The minimum atomic E-state index is 0.0500. The van der Waals surface area contributed by atoms with Crippen LogP contribution in [-0.2, 0) is 7.05 Å². The highest BCUT2D eigenvalue weighted by molar-refractivity contribution is 9.10. The molecule has 0 amide bonds. The van der Waals surface area contributed by atoms with Gasteiger partial charge in [-0.15, -0.1) is 5.10 Å². The Kier molecular flexibility index (Phi) is 3.54. The zero-order valence-corrected chi connectivity index (χ0v) is 12.9. The van der Waals surface area contributed by atoms with Crippen molar-refractivity contribution in [1.82, 2.24) is 20.3 Å². The van der Waals surface area contributed by atoms with Crippen molar-refractivity contribution in [2.75, 3.05) is 7.05 Å². The van der Waals surface area contributed by atoms with E-state index in [2.05, 4.69) is 74.0 Å². The Morgan fingerprint density at radius 2 is 1.90 bits per heavy atom. The maximum atomic E-state index is 4.06. The summed E-state index contributed by atoms with van der Waals surface area (Å²) in [4.78, 5) is 0. The van der Waals surface area contributed by atoms with Crippen molar-refractivity contribution in [3.63, 3.8) is 0 Å². The SMILES string of the molecule is CNC(c1ccc2ccccc2c1)c1c(Br)nnn1C. The minimum absolute atomic E-state index is 0.0500. The molecule has 0 radical (unpaired) electrons. The van der Waals surface area contributed by atoms with E-state index in [0.717, 1.165) is 10.3 Å². The first-order chi connectivity index (χ1) is 9.70. The molecule has 1 aromatic heterocycles. The second-order valence-electron chi connectivity index (χ2n) is 4.72. The van der Waals surface area contributed by atoms with Crippen LogP contribution in [0.2, 0.25) is 0 Å². The van der Waals surface area contributed by atoms with Crippen LogP contribution in [0, 0.1) is 0 Å². The lowest BCUT2D eigenvalue weighted by molar-refractivity contribution is 0.597. The summed E-state index contributed by atoms with van der Waals surface area (Å²) in [6.45, 7) is 0. The third-order valence-corrected chi connectivity index (χ3v) is 4.06. The van der Waals surface area contributed by atoms with Crippen LogP contribution in [-0.4, -0.2) is 22.0 Å². The molecule has 0 aliphatic rings. The van der Waals surface area contributed by atoms with Crippen molar-refractivity contribution in [2.24, 2.45) is 7.05 Å². The topological polar surface area (TPSA) is 42.7 Å². The van der Waals surface area contributed by atoms with Gasteiger partial charge in [0.25, 0.3) is 0 Å². The summed E-state index contributed by atoms with van der Waals surface area (Å²) in [6, 6.07) is 14.9. The average Bonchev–Trinajstić information content (AvgIpc) is 2.80. The summed E-state index contributed by atoms with van der Waals surface area (Å²) < 4.78 is 2.56. The highest BCUT2D eigenvalue weighted by atomic mass is 79.9. The summed E-state index contributed by atoms with van der Waals surface area (Å²) in [6.07, 6.45) is 0. The number of rotatable bonds is 3. The first-order valence-electron chi connectivity index (χ1n) is 6.41. The number of hydrogen-bond donors (Lipinski definition) is 1. The maximum absolute atomic E-state index is 4.06. The monoisotopic (exact) mass is 330 g/mol. The van der Waals surface area contributed by atoms with Crippen LogP contribution in [0.15, 0.2) is 47.1 Å². The van der Waals surface area contributed by atoms with Gasteiger partial charge in [0.2, 0.25) is 0 Å². The van der Waals surface area contributed by atoms with Crippen molar-refractivity contribution in [2.45, 2.75) is 6.04 Å². The van der Waals surface area contributed by atoms with Gasteiger partial charge >= 0.3 is 0 Å². The molecule has 5 heteroatoms. The fourth-order valence-electron chi connectivity index (χ4n) is 2.49. The van der Waals surface area contributed by atoms with Crippen LogP contribution in [0.4, 0.5) is 0 Å². The van der Waals surface area contributed by atoms with E-state index in [1.54, 1.807) is 4.68 Å². The molecule has 1 unspecified atom stereocenters. The van der Waals surface area contributed by atoms with Crippen LogP contribution in [0.25, 0.3) is 10.8 Å². The van der Waals surface area contributed by atoms with E-state index in [4.69, 9.17) is 0 Å². The van der Waals surface area contributed by atoms with E-state index in [1.807, 2.05) is 14.1 Å². The molecule has 0 fully saturated rings. The lowest BCUT2D eigenvalue weighted by Gasteiger charge is -2.17. The highest BCUT2D eigenvalue weighted by Gasteiger charge is 2.20. The molecular formula is C15H15BrN4. The normalized spacial score (nSPS) is 12.8. The van der Waals surface area contributed by atoms with E-state index in [1.165, 1.54) is 16.3 Å². The lowest BCUT2D eigenvalue weighted by Crippen LogP contribution is -2.21. The Morgan fingerprint density at radius 3 is 2.55 bits per heavy atom. The second-order valence-corrected chi connectivity index (χ2v) is 5.47. The van der Waals surface area contributed by atoms with Crippen molar-refractivity contribution in [3.05, 3.63) is 58.3 Å². The molecule has 0 bridgehead atoms. The third-order valence-electron chi connectivity index (χ3n) is 3.50. The summed E-state index contributed by atoms with van der Waals surface area (Å²) in [5.41, 5.74) is 2.21. The zero-order valence-electron chi connectivity index (χ0n) is 11.3. The molecule has 0 saturated heterocycles. The number of aromatic nitrogens is 3. The van der Waals surface area contributed by atoms with Gasteiger partial charge in [-0.2, -0.15) is 0 Å². The molecule has 3 rings (SSSR count). The molecule has 2 aromatic carbocycles. The van der Waals surface area contributed by atoms with Crippen molar-refractivity contribution < 1.29 is 0 Å². The lowest BCUT2D eigenvalue weighted by atomic mass is 10.00. The molecule has 1 heterocycles.